The number of benzene rings is 3. The molecule has 33 heavy (non-hydrogen) atoms. The number of amides is 4. The maximum atomic E-state index is 14.2. The maximum Gasteiger partial charge on any atom is 0.335 e. The van der Waals surface area contributed by atoms with Crippen LogP contribution in [0.2, 0.25) is 0 Å². The van der Waals surface area contributed by atoms with Crippen molar-refractivity contribution in [2.75, 3.05) is 12.0 Å². The van der Waals surface area contributed by atoms with Crippen LogP contribution in [-0.4, -0.2) is 25.0 Å². The van der Waals surface area contributed by atoms with Crippen molar-refractivity contribution in [1.82, 2.24) is 5.32 Å². The first-order valence-electron chi connectivity index (χ1n) is 9.95. The smallest absolute Gasteiger partial charge is 0.335 e. The van der Waals surface area contributed by atoms with E-state index < -0.39 is 17.8 Å². The fourth-order valence-corrected chi connectivity index (χ4v) is 4.35. The van der Waals surface area contributed by atoms with Gasteiger partial charge in [0.15, 0.2) is 0 Å². The molecule has 0 atom stereocenters. The van der Waals surface area contributed by atoms with Gasteiger partial charge in [-0.05, 0) is 70.1 Å². The normalized spacial score (nSPS) is 15.1. The number of hydrogen-bond donors (Lipinski definition) is 1. The standard InChI is InChI=1S/C25H18FIN2O4/c1-33-22-13-15(12-21(27)18(22)14-16-7-5-6-10-20(16)26)11-19-23(30)28-25(32)29(24(19)31)17-8-3-2-4-9-17/h2-13H,14H2,1H3,(H,28,30,32)/b19-11+. The van der Waals surface area contributed by atoms with Crippen LogP contribution in [-0.2, 0) is 16.0 Å². The van der Waals surface area contributed by atoms with E-state index in [9.17, 15) is 18.8 Å². The van der Waals surface area contributed by atoms with Gasteiger partial charge in [0.1, 0.15) is 17.1 Å². The lowest BCUT2D eigenvalue weighted by Crippen LogP contribution is -2.54. The van der Waals surface area contributed by atoms with Crippen LogP contribution in [0.5, 0.6) is 5.75 Å². The number of carbonyl (C=O) groups excluding carboxylic acids is 3. The highest BCUT2D eigenvalue weighted by Crippen LogP contribution is 2.31. The molecule has 3 aromatic carbocycles. The molecule has 0 spiro atoms. The van der Waals surface area contributed by atoms with E-state index in [0.29, 0.717) is 29.0 Å². The number of rotatable bonds is 5. The van der Waals surface area contributed by atoms with Gasteiger partial charge in [0.25, 0.3) is 11.8 Å². The Bertz CT molecular complexity index is 1290. The Labute approximate surface area is 203 Å². The first-order chi connectivity index (χ1) is 15.9. The van der Waals surface area contributed by atoms with Gasteiger partial charge in [0, 0.05) is 15.6 Å². The van der Waals surface area contributed by atoms with Crippen LogP contribution in [0, 0.1) is 9.39 Å². The third kappa shape index (κ3) is 4.65. The highest BCUT2D eigenvalue weighted by Gasteiger charge is 2.36. The lowest BCUT2D eigenvalue weighted by Gasteiger charge is -2.26. The molecule has 0 unspecified atom stereocenters. The van der Waals surface area contributed by atoms with Crippen LogP contribution in [0.25, 0.3) is 6.08 Å². The minimum absolute atomic E-state index is 0.182. The Morgan fingerprint density at radius 2 is 1.73 bits per heavy atom. The highest BCUT2D eigenvalue weighted by molar-refractivity contribution is 14.1. The van der Waals surface area contributed by atoms with Crippen LogP contribution in [0.3, 0.4) is 0 Å². The molecule has 1 fully saturated rings. The summed E-state index contributed by atoms with van der Waals surface area (Å²) < 4.78 is 20.5. The average Bonchev–Trinajstić information content (AvgIpc) is 2.80. The average molecular weight is 556 g/mol. The summed E-state index contributed by atoms with van der Waals surface area (Å²) in [6.45, 7) is 0. The Morgan fingerprint density at radius 3 is 2.42 bits per heavy atom. The van der Waals surface area contributed by atoms with Crippen LogP contribution >= 0.6 is 22.6 Å². The molecule has 8 heteroatoms. The van der Waals surface area contributed by atoms with E-state index in [2.05, 4.69) is 27.9 Å². The van der Waals surface area contributed by atoms with E-state index in [4.69, 9.17) is 4.74 Å². The zero-order valence-electron chi connectivity index (χ0n) is 17.5. The number of urea groups is 1. The third-order valence-corrected chi connectivity index (χ3v) is 6.11. The zero-order chi connectivity index (χ0) is 23.5. The predicted molar refractivity (Wildman–Crippen MR) is 130 cm³/mol. The molecule has 1 N–H and O–H groups in total. The summed E-state index contributed by atoms with van der Waals surface area (Å²) in [4.78, 5) is 38.7. The van der Waals surface area contributed by atoms with Crippen LogP contribution in [0.4, 0.5) is 14.9 Å². The fraction of sp³-hybridized carbons (Fsp3) is 0.0800. The quantitative estimate of drug-likeness (QED) is 0.281. The van der Waals surface area contributed by atoms with Crippen LogP contribution in [0.15, 0.2) is 72.3 Å². The monoisotopic (exact) mass is 556 g/mol. The molecule has 1 aliphatic heterocycles. The summed E-state index contributed by atoms with van der Waals surface area (Å²) >= 11 is 2.11. The molecule has 6 nitrogen and oxygen atoms in total. The van der Waals surface area contributed by atoms with Gasteiger partial charge in [-0.2, -0.15) is 0 Å². The van der Waals surface area contributed by atoms with E-state index in [1.165, 1.54) is 19.3 Å². The van der Waals surface area contributed by atoms with Crippen molar-refractivity contribution in [3.05, 3.63) is 98.4 Å². The van der Waals surface area contributed by atoms with E-state index >= 15 is 0 Å². The molecule has 1 heterocycles. The van der Waals surface area contributed by atoms with Gasteiger partial charge in [-0.1, -0.05) is 36.4 Å². The lowest BCUT2D eigenvalue weighted by molar-refractivity contribution is -0.122. The first kappa shape index (κ1) is 22.7. The van der Waals surface area contributed by atoms with E-state index in [-0.39, 0.29) is 11.4 Å². The molecule has 4 amide bonds. The summed E-state index contributed by atoms with van der Waals surface area (Å²) in [5.74, 6) is -1.31. The van der Waals surface area contributed by atoms with E-state index in [0.717, 1.165) is 14.0 Å². The Balaban J connectivity index is 1.71. The van der Waals surface area contributed by atoms with E-state index in [1.54, 1.807) is 60.7 Å². The summed E-state index contributed by atoms with van der Waals surface area (Å²) in [5, 5.41) is 2.21. The number of imide groups is 2. The minimum Gasteiger partial charge on any atom is -0.496 e. The first-order valence-corrected chi connectivity index (χ1v) is 11.0. The molecule has 0 aliphatic carbocycles. The summed E-state index contributed by atoms with van der Waals surface area (Å²) in [7, 11) is 1.50. The third-order valence-electron chi connectivity index (χ3n) is 5.15. The van der Waals surface area contributed by atoms with Crippen molar-refractivity contribution >= 4 is 52.2 Å². The van der Waals surface area contributed by atoms with Gasteiger partial charge in [-0.3, -0.25) is 14.9 Å². The van der Waals surface area contributed by atoms with Gasteiger partial charge in [-0.15, -0.1) is 0 Å². The molecule has 1 saturated heterocycles. The molecule has 0 radical (unpaired) electrons. The summed E-state index contributed by atoms with van der Waals surface area (Å²) in [5.41, 5.74) is 2.02. The lowest BCUT2D eigenvalue weighted by atomic mass is 10.00. The number of para-hydroxylation sites is 1. The maximum absolute atomic E-state index is 14.2. The Kier molecular flexibility index (Phi) is 6.55. The van der Waals surface area contributed by atoms with Crippen molar-refractivity contribution in [3.8, 4) is 5.75 Å². The second kappa shape index (κ2) is 9.53. The molecule has 166 valence electrons. The Hall–Kier alpha value is -3.53. The molecule has 3 aromatic rings. The van der Waals surface area contributed by atoms with Gasteiger partial charge >= 0.3 is 6.03 Å². The number of nitrogens with one attached hydrogen (secondary N) is 1. The van der Waals surface area contributed by atoms with Crippen molar-refractivity contribution in [3.63, 3.8) is 0 Å². The van der Waals surface area contributed by atoms with Gasteiger partial charge < -0.3 is 4.74 Å². The second-order valence-electron chi connectivity index (χ2n) is 7.25. The predicted octanol–water partition coefficient (Wildman–Crippen LogP) is 4.70. The van der Waals surface area contributed by atoms with Crippen molar-refractivity contribution in [2.24, 2.45) is 0 Å². The van der Waals surface area contributed by atoms with Gasteiger partial charge in [-0.25, -0.2) is 14.1 Å². The van der Waals surface area contributed by atoms with Gasteiger partial charge in [0.05, 0.1) is 12.8 Å². The molecule has 0 saturated carbocycles. The number of hydrogen-bond acceptors (Lipinski definition) is 4. The molecule has 1 aliphatic rings. The second-order valence-corrected chi connectivity index (χ2v) is 8.41. The largest absolute Gasteiger partial charge is 0.496 e. The zero-order valence-corrected chi connectivity index (χ0v) is 19.6. The van der Waals surface area contributed by atoms with Gasteiger partial charge in [0.2, 0.25) is 0 Å². The summed E-state index contributed by atoms with van der Waals surface area (Å²) in [6.07, 6.45) is 1.73. The number of nitrogens with zero attached hydrogens (tertiary/aromatic N) is 1. The Morgan fingerprint density at radius 1 is 1.03 bits per heavy atom. The number of ether oxygens (including phenoxy) is 1. The minimum atomic E-state index is -0.805. The number of methoxy groups -OCH3 is 1. The number of carbonyl (C=O) groups is 3. The summed E-state index contributed by atoms with van der Waals surface area (Å²) in [6, 6.07) is 17.5. The van der Waals surface area contributed by atoms with Crippen LogP contribution < -0.4 is 15.0 Å². The topological polar surface area (TPSA) is 75.7 Å². The molecular weight excluding hydrogens is 538 g/mol. The van der Waals surface area contributed by atoms with E-state index in [1.807, 2.05) is 0 Å². The number of anilines is 1. The highest BCUT2D eigenvalue weighted by atomic mass is 127. The van der Waals surface area contributed by atoms with Crippen molar-refractivity contribution in [2.45, 2.75) is 6.42 Å². The SMILES string of the molecule is COc1cc(/C=C2\C(=O)NC(=O)N(c3ccccc3)C2=O)cc(I)c1Cc1ccccc1F. The van der Waals surface area contributed by atoms with Crippen molar-refractivity contribution in [1.29, 1.82) is 0 Å². The van der Waals surface area contributed by atoms with Crippen LogP contribution in [0.1, 0.15) is 16.7 Å². The number of halogens is 2. The molecule has 4 rings (SSSR count). The van der Waals surface area contributed by atoms with Crippen molar-refractivity contribution < 1.29 is 23.5 Å². The molecule has 0 aromatic heterocycles. The fourth-order valence-electron chi connectivity index (χ4n) is 3.54. The number of barbiturate groups is 1. The molecular formula is C25H18FIN2O4. The molecule has 0 bridgehead atoms.